The van der Waals surface area contributed by atoms with Crippen LogP contribution in [0.4, 0.5) is 10.6 Å². The van der Waals surface area contributed by atoms with E-state index in [-0.39, 0.29) is 29.3 Å². The second-order valence-electron chi connectivity index (χ2n) is 4.89. The molecule has 2 heterocycles. The van der Waals surface area contributed by atoms with Crippen LogP contribution in [0.2, 0.25) is 0 Å². The highest BCUT2D eigenvalue weighted by molar-refractivity contribution is 5.91. The summed E-state index contributed by atoms with van der Waals surface area (Å²) in [5.41, 5.74) is 0.725. The van der Waals surface area contributed by atoms with Crippen LogP contribution < -0.4 is 10.7 Å². The fourth-order valence-corrected chi connectivity index (χ4v) is 2.29. The van der Waals surface area contributed by atoms with Gasteiger partial charge in [0, 0.05) is 11.6 Å². The highest BCUT2D eigenvalue weighted by atomic mass is 16.5. The molecule has 7 nitrogen and oxygen atoms in total. The molecule has 0 unspecified atom stereocenters. The maximum Gasteiger partial charge on any atom is 0.412 e. The molecule has 0 aliphatic rings. The van der Waals surface area contributed by atoms with Crippen LogP contribution >= 0.6 is 0 Å². The van der Waals surface area contributed by atoms with Gasteiger partial charge in [0.05, 0.1) is 17.6 Å². The van der Waals surface area contributed by atoms with Crippen LogP contribution in [-0.4, -0.2) is 22.8 Å². The summed E-state index contributed by atoms with van der Waals surface area (Å²) in [6.45, 7) is 1.84. The number of rotatable bonds is 3. The molecule has 3 rings (SSSR count). The van der Waals surface area contributed by atoms with Crippen molar-refractivity contribution in [2.24, 2.45) is 0 Å². The van der Waals surface area contributed by atoms with Gasteiger partial charge in [0.2, 0.25) is 11.3 Å². The highest BCUT2D eigenvalue weighted by Gasteiger charge is 2.16. The van der Waals surface area contributed by atoms with Crippen molar-refractivity contribution in [2.75, 3.05) is 11.9 Å². The van der Waals surface area contributed by atoms with Crippen molar-refractivity contribution in [3.8, 4) is 17.0 Å². The van der Waals surface area contributed by atoms with E-state index >= 15 is 0 Å². The van der Waals surface area contributed by atoms with Crippen molar-refractivity contribution in [2.45, 2.75) is 6.92 Å². The van der Waals surface area contributed by atoms with Gasteiger partial charge < -0.3 is 14.3 Å². The number of para-hydroxylation sites is 1. The first kappa shape index (κ1) is 15.5. The number of aromatic hydroxyl groups is 1. The number of hydrogen-bond donors (Lipinski definition) is 2. The smallest absolute Gasteiger partial charge is 0.412 e. The number of nitrogens with zero attached hydrogens (tertiary/aromatic N) is 1. The second-order valence-corrected chi connectivity index (χ2v) is 4.89. The molecule has 0 aliphatic heterocycles. The summed E-state index contributed by atoms with van der Waals surface area (Å²) in [5, 5.41) is 12.4. The molecule has 0 atom stereocenters. The van der Waals surface area contributed by atoms with Gasteiger partial charge in [-0.3, -0.25) is 10.1 Å². The summed E-state index contributed by atoms with van der Waals surface area (Å²) < 4.78 is 10.3. The lowest BCUT2D eigenvalue weighted by molar-refractivity contribution is 0.168. The van der Waals surface area contributed by atoms with Crippen LogP contribution in [0.1, 0.15) is 6.92 Å². The summed E-state index contributed by atoms with van der Waals surface area (Å²) >= 11 is 0. The zero-order valence-corrected chi connectivity index (χ0v) is 12.8. The zero-order valence-electron chi connectivity index (χ0n) is 12.8. The second kappa shape index (κ2) is 6.41. The SMILES string of the molecule is CCOC(=O)Nc1nc(O)ccc1-c1coc2ccccc2c1=O. The highest BCUT2D eigenvalue weighted by Crippen LogP contribution is 2.27. The van der Waals surface area contributed by atoms with Crippen molar-refractivity contribution in [3.63, 3.8) is 0 Å². The molecule has 0 fully saturated rings. The van der Waals surface area contributed by atoms with Crippen molar-refractivity contribution in [1.82, 2.24) is 4.98 Å². The van der Waals surface area contributed by atoms with Gasteiger partial charge in [-0.25, -0.2) is 4.79 Å². The van der Waals surface area contributed by atoms with E-state index in [1.807, 2.05) is 0 Å². The van der Waals surface area contributed by atoms with Gasteiger partial charge >= 0.3 is 6.09 Å². The third kappa shape index (κ3) is 2.91. The Morgan fingerprint density at radius 3 is 2.83 bits per heavy atom. The quantitative estimate of drug-likeness (QED) is 0.766. The van der Waals surface area contributed by atoms with Gasteiger partial charge in [0.1, 0.15) is 17.7 Å². The molecule has 0 radical (unpaired) electrons. The average Bonchev–Trinajstić information content (AvgIpc) is 2.56. The maximum atomic E-state index is 12.7. The molecule has 2 aromatic heterocycles. The Hall–Kier alpha value is -3.35. The van der Waals surface area contributed by atoms with E-state index in [0.29, 0.717) is 16.5 Å². The van der Waals surface area contributed by atoms with Crippen LogP contribution in [0, 0.1) is 0 Å². The molecule has 1 amide bonds. The number of carbonyl (C=O) groups is 1. The Balaban J connectivity index is 2.14. The van der Waals surface area contributed by atoms with Gasteiger partial charge in [-0.05, 0) is 25.1 Å². The van der Waals surface area contributed by atoms with Crippen molar-refractivity contribution < 1.29 is 19.1 Å². The fraction of sp³-hybridized carbons (Fsp3) is 0.118. The van der Waals surface area contributed by atoms with Gasteiger partial charge in [0.15, 0.2) is 0 Å². The molecular weight excluding hydrogens is 312 g/mol. The number of aromatic nitrogens is 1. The lowest BCUT2D eigenvalue weighted by Gasteiger charge is -2.10. The first-order chi connectivity index (χ1) is 11.6. The first-order valence-corrected chi connectivity index (χ1v) is 7.25. The third-order valence-corrected chi connectivity index (χ3v) is 3.35. The molecule has 2 N–H and O–H groups in total. The minimum Gasteiger partial charge on any atom is -0.493 e. The summed E-state index contributed by atoms with van der Waals surface area (Å²) in [6, 6.07) is 9.63. The van der Waals surface area contributed by atoms with Gasteiger partial charge in [0.25, 0.3) is 0 Å². The van der Waals surface area contributed by atoms with Crippen LogP contribution in [0.25, 0.3) is 22.1 Å². The normalized spacial score (nSPS) is 10.5. The van der Waals surface area contributed by atoms with Gasteiger partial charge in [-0.2, -0.15) is 4.98 Å². The standard InChI is InChI=1S/C17H14N2O5/c1-2-23-17(22)19-16-10(7-8-14(20)18-16)12-9-24-13-6-4-3-5-11(13)15(12)21/h3-9H,2H2,1H3,(H2,18,19,20,22). The lowest BCUT2D eigenvalue weighted by Crippen LogP contribution is -2.16. The molecule has 0 spiro atoms. The van der Waals surface area contributed by atoms with Crippen LogP contribution in [0.15, 0.2) is 51.9 Å². The molecule has 0 saturated heterocycles. The molecule has 7 heteroatoms. The van der Waals surface area contributed by atoms with E-state index in [2.05, 4.69) is 10.3 Å². The third-order valence-electron chi connectivity index (χ3n) is 3.35. The summed E-state index contributed by atoms with van der Waals surface area (Å²) in [7, 11) is 0. The molecule has 122 valence electrons. The first-order valence-electron chi connectivity index (χ1n) is 7.25. The molecule has 1 aromatic carbocycles. The predicted octanol–water partition coefficient (Wildman–Crippen LogP) is 3.13. The molecule has 3 aromatic rings. The Kier molecular flexibility index (Phi) is 4.15. The van der Waals surface area contributed by atoms with Crippen LogP contribution in [0.3, 0.4) is 0 Å². The average molecular weight is 326 g/mol. The van der Waals surface area contributed by atoms with Crippen molar-refractivity contribution in [3.05, 3.63) is 52.9 Å². The number of anilines is 1. The number of pyridine rings is 1. The zero-order chi connectivity index (χ0) is 17.1. The Labute approximate surface area is 136 Å². The van der Waals surface area contributed by atoms with E-state index in [1.165, 1.54) is 18.4 Å². The maximum absolute atomic E-state index is 12.7. The summed E-state index contributed by atoms with van der Waals surface area (Å²) in [5.74, 6) is -0.285. The van der Waals surface area contributed by atoms with Crippen LogP contribution in [0.5, 0.6) is 5.88 Å². The monoisotopic (exact) mass is 326 g/mol. The predicted molar refractivity (Wildman–Crippen MR) is 88.0 cm³/mol. The van der Waals surface area contributed by atoms with E-state index < -0.39 is 6.09 Å². The minimum absolute atomic E-state index is 0.0102. The molecule has 24 heavy (non-hydrogen) atoms. The summed E-state index contributed by atoms with van der Waals surface area (Å²) in [4.78, 5) is 28.2. The number of amides is 1. The minimum atomic E-state index is -0.734. The fourth-order valence-electron chi connectivity index (χ4n) is 2.29. The topological polar surface area (TPSA) is 102 Å². The van der Waals surface area contributed by atoms with E-state index in [1.54, 1.807) is 31.2 Å². The molecule has 0 aliphatic carbocycles. The van der Waals surface area contributed by atoms with E-state index in [9.17, 15) is 14.7 Å². The van der Waals surface area contributed by atoms with Crippen molar-refractivity contribution >= 4 is 22.9 Å². The van der Waals surface area contributed by atoms with Gasteiger partial charge in [-0.15, -0.1) is 0 Å². The number of nitrogens with one attached hydrogen (secondary N) is 1. The van der Waals surface area contributed by atoms with E-state index in [4.69, 9.17) is 9.15 Å². The number of hydrogen-bond acceptors (Lipinski definition) is 6. The Bertz CT molecular complexity index is 965. The van der Waals surface area contributed by atoms with Crippen LogP contribution in [-0.2, 0) is 4.74 Å². The molecule has 0 bridgehead atoms. The summed E-state index contributed by atoms with van der Waals surface area (Å²) in [6.07, 6.45) is 0.566. The molecular formula is C17H14N2O5. The number of ether oxygens (including phenoxy) is 1. The number of fused-ring (bicyclic) bond motifs is 1. The Morgan fingerprint density at radius 2 is 2.04 bits per heavy atom. The largest absolute Gasteiger partial charge is 0.493 e. The lowest BCUT2D eigenvalue weighted by atomic mass is 10.1. The Morgan fingerprint density at radius 1 is 1.25 bits per heavy atom. The number of carbonyl (C=O) groups excluding carboxylic acids is 1. The van der Waals surface area contributed by atoms with E-state index in [0.717, 1.165) is 0 Å². The molecule has 0 saturated carbocycles. The van der Waals surface area contributed by atoms with Gasteiger partial charge in [-0.1, -0.05) is 12.1 Å². The van der Waals surface area contributed by atoms with Crippen molar-refractivity contribution in [1.29, 1.82) is 0 Å². The number of benzene rings is 1.